The number of pyridine rings is 3. The zero-order valence-electron chi connectivity index (χ0n) is 23.1. The van der Waals surface area contributed by atoms with Crippen molar-refractivity contribution in [3.8, 4) is 34.1 Å². The summed E-state index contributed by atoms with van der Waals surface area (Å²) < 4.78 is 10.7. The van der Waals surface area contributed by atoms with Crippen molar-refractivity contribution < 1.29 is 49.4 Å². The number of nitrogens with zero attached hydrogens (tertiary/aromatic N) is 3. The Morgan fingerprint density at radius 2 is 1.35 bits per heavy atom. The van der Waals surface area contributed by atoms with Crippen LogP contribution in [0, 0.1) is 6.07 Å². The largest absolute Gasteiger partial charge is 0.497 e. The number of aromatic carboxylic acids is 2. The van der Waals surface area contributed by atoms with E-state index in [1.807, 2.05) is 66.7 Å². The van der Waals surface area contributed by atoms with Crippen LogP contribution in [0.5, 0.6) is 11.5 Å². The first kappa shape index (κ1) is 32.3. The van der Waals surface area contributed by atoms with Crippen LogP contribution in [0.1, 0.15) is 31.8 Å². The van der Waals surface area contributed by atoms with Crippen LogP contribution in [0.4, 0.5) is 0 Å². The number of carboxylic acids is 2. The molecule has 0 saturated carbocycles. The van der Waals surface area contributed by atoms with Crippen molar-refractivity contribution in [3.05, 3.63) is 126 Å². The molecule has 219 valence electrons. The summed E-state index contributed by atoms with van der Waals surface area (Å²) in [5.41, 5.74) is 4.67. The van der Waals surface area contributed by atoms with Crippen LogP contribution < -0.4 is 9.47 Å². The Morgan fingerprint density at radius 1 is 0.721 bits per heavy atom. The van der Waals surface area contributed by atoms with Crippen molar-refractivity contribution in [1.29, 1.82) is 0 Å². The van der Waals surface area contributed by atoms with Crippen molar-refractivity contribution >= 4 is 24.1 Å². The van der Waals surface area contributed by atoms with Crippen LogP contribution >= 0.6 is 0 Å². The molecular formula is C33H26IrN3O6-. The molecule has 0 aliphatic heterocycles. The zero-order valence-corrected chi connectivity index (χ0v) is 25.5. The molecule has 5 rings (SSSR count). The summed E-state index contributed by atoms with van der Waals surface area (Å²) in [5, 5.41) is 17.7. The van der Waals surface area contributed by atoms with Gasteiger partial charge < -0.3 is 24.7 Å². The van der Waals surface area contributed by atoms with Gasteiger partial charge in [-0.05, 0) is 59.8 Å². The fourth-order valence-corrected chi connectivity index (χ4v) is 3.81. The molecule has 0 amide bonds. The molecule has 2 aromatic carbocycles. The Balaban J connectivity index is 0.000000239. The standard InChI is InChI=1S/C21H18NO2.C12H8N2O4.Ir/c1-23-19-10-11-21(24-2)18(15-19)9-8-16-12-13-22-20(14-16)17-6-4-3-5-7-17;15-11(16)7-1-3-13-9(5-7)10-6-8(12(17)18)2-4-14-10;/h3-6,8-15H,1-2H3;1-6H,(H,15,16)(H,17,18);/q-1;;/b9-8+;;. The predicted molar refractivity (Wildman–Crippen MR) is 158 cm³/mol. The van der Waals surface area contributed by atoms with Crippen LogP contribution in [0.2, 0.25) is 0 Å². The van der Waals surface area contributed by atoms with Crippen molar-refractivity contribution in [2.45, 2.75) is 0 Å². The quantitative estimate of drug-likeness (QED) is 0.176. The van der Waals surface area contributed by atoms with Gasteiger partial charge in [-0.3, -0.25) is 9.97 Å². The molecular weight excluding hydrogens is 727 g/mol. The summed E-state index contributed by atoms with van der Waals surface area (Å²) in [4.78, 5) is 34.0. The molecule has 1 radical (unpaired) electrons. The summed E-state index contributed by atoms with van der Waals surface area (Å²) in [5.74, 6) is -0.552. The number of carboxylic acid groups (broad SMARTS) is 2. The molecule has 3 heterocycles. The molecule has 5 aromatic rings. The zero-order chi connectivity index (χ0) is 29.9. The number of hydrogen-bond donors (Lipinski definition) is 2. The maximum absolute atomic E-state index is 10.8. The van der Waals surface area contributed by atoms with Crippen LogP contribution in [0.25, 0.3) is 34.8 Å². The molecule has 0 saturated heterocycles. The third-order valence-corrected chi connectivity index (χ3v) is 5.94. The molecule has 0 fully saturated rings. The summed E-state index contributed by atoms with van der Waals surface area (Å²) in [6.07, 6.45) is 8.53. The third kappa shape index (κ3) is 8.90. The van der Waals surface area contributed by atoms with E-state index in [1.165, 1.54) is 36.7 Å². The van der Waals surface area contributed by atoms with Crippen molar-refractivity contribution in [2.75, 3.05) is 14.2 Å². The van der Waals surface area contributed by atoms with Crippen LogP contribution in [0.3, 0.4) is 0 Å². The maximum Gasteiger partial charge on any atom is 0.335 e. The monoisotopic (exact) mass is 753 g/mol. The predicted octanol–water partition coefficient (Wildman–Crippen LogP) is 6.27. The van der Waals surface area contributed by atoms with E-state index in [0.717, 1.165) is 33.9 Å². The van der Waals surface area contributed by atoms with Crippen LogP contribution in [-0.2, 0) is 20.1 Å². The minimum absolute atomic E-state index is 0. The van der Waals surface area contributed by atoms with Gasteiger partial charge in [0.15, 0.2) is 0 Å². The topological polar surface area (TPSA) is 132 Å². The second-order valence-corrected chi connectivity index (χ2v) is 8.66. The SMILES string of the molecule is COc1ccc(OC)c(/C=C/c2ccnc(-c3[c-]cccc3)c2)c1.O=C(O)c1ccnc(-c2cc(C(=O)O)ccn2)c1.[Ir]. The average molecular weight is 753 g/mol. The molecule has 2 N–H and O–H groups in total. The second kappa shape index (κ2) is 15.7. The van der Waals surface area contributed by atoms with E-state index in [0.29, 0.717) is 11.4 Å². The molecule has 3 aromatic heterocycles. The third-order valence-electron chi connectivity index (χ3n) is 5.94. The summed E-state index contributed by atoms with van der Waals surface area (Å²) in [7, 11) is 3.32. The van der Waals surface area contributed by atoms with Gasteiger partial charge in [-0.25, -0.2) is 9.59 Å². The number of methoxy groups -OCH3 is 2. The minimum Gasteiger partial charge on any atom is -0.497 e. The first-order valence-corrected chi connectivity index (χ1v) is 12.6. The van der Waals surface area contributed by atoms with E-state index in [4.69, 9.17) is 19.7 Å². The summed E-state index contributed by atoms with van der Waals surface area (Å²) in [6.45, 7) is 0. The van der Waals surface area contributed by atoms with Gasteiger partial charge in [0.2, 0.25) is 0 Å². The average Bonchev–Trinajstić information content (AvgIpc) is 3.04. The Kier molecular flexibility index (Phi) is 11.8. The van der Waals surface area contributed by atoms with Crippen LogP contribution in [-0.4, -0.2) is 51.3 Å². The molecule has 0 aliphatic carbocycles. The number of rotatable bonds is 8. The molecule has 0 atom stereocenters. The maximum atomic E-state index is 10.8. The van der Waals surface area contributed by atoms with Gasteiger partial charge in [-0.1, -0.05) is 18.2 Å². The summed E-state index contributed by atoms with van der Waals surface area (Å²) in [6, 6.07) is 26.1. The Morgan fingerprint density at radius 3 is 1.91 bits per heavy atom. The van der Waals surface area contributed by atoms with Gasteiger partial charge in [0.05, 0.1) is 36.7 Å². The Labute approximate surface area is 261 Å². The van der Waals surface area contributed by atoms with Gasteiger partial charge in [-0.2, -0.15) is 0 Å². The van der Waals surface area contributed by atoms with Crippen LogP contribution in [0.15, 0.2) is 97.5 Å². The van der Waals surface area contributed by atoms with Gasteiger partial charge in [-0.15, -0.1) is 35.9 Å². The van der Waals surface area contributed by atoms with Crippen molar-refractivity contribution in [2.24, 2.45) is 0 Å². The van der Waals surface area contributed by atoms with E-state index in [9.17, 15) is 9.59 Å². The van der Waals surface area contributed by atoms with E-state index in [1.54, 1.807) is 20.4 Å². The number of benzene rings is 2. The van der Waals surface area contributed by atoms with Gasteiger partial charge >= 0.3 is 11.9 Å². The molecule has 10 heteroatoms. The number of aromatic nitrogens is 3. The number of carbonyl (C=O) groups is 2. The van der Waals surface area contributed by atoms with Gasteiger partial charge in [0.1, 0.15) is 11.5 Å². The molecule has 0 unspecified atom stereocenters. The van der Waals surface area contributed by atoms with E-state index < -0.39 is 11.9 Å². The molecule has 43 heavy (non-hydrogen) atoms. The van der Waals surface area contributed by atoms with Crippen molar-refractivity contribution in [1.82, 2.24) is 15.0 Å². The molecule has 0 aliphatic rings. The second-order valence-electron chi connectivity index (χ2n) is 8.66. The fraction of sp³-hybridized carbons (Fsp3) is 0.0606. The Bertz CT molecular complexity index is 1670. The molecule has 0 spiro atoms. The molecule has 9 nitrogen and oxygen atoms in total. The van der Waals surface area contributed by atoms with Crippen molar-refractivity contribution in [3.63, 3.8) is 0 Å². The number of ether oxygens (including phenoxy) is 2. The minimum atomic E-state index is -1.08. The fourth-order valence-electron chi connectivity index (χ4n) is 3.81. The van der Waals surface area contributed by atoms with Gasteiger partial charge in [0.25, 0.3) is 0 Å². The van der Waals surface area contributed by atoms with E-state index in [-0.39, 0.29) is 31.2 Å². The Hall–Kier alpha value is -5.18. The van der Waals surface area contributed by atoms with E-state index >= 15 is 0 Å². The molecule has 0 bridgehead atoms. The summed E-state index contributed by atoms with van der Waals surface area (Å²) >= 11 is 0. The first-order valence-electron chi connectivity index (χ1n) is 12.6. The van der Waals surface area contributed by atoms with Gasteiger partial charge in [0, 0.05) is 44.3 Å². The smallest absolute Gasteiger partial charge is 0.335 e. The van der Waals surface area contributed by atoms with E-state index in [2.05, 4.69) is 21.0 Å². The number of hydrogen-bond acceptors (Lipinski definition) is 7. The first-order chi connectivity index (χ1) is 20.4. The normalized spacial score (nSPS) is 10.2.